The van der Waals surface area contributed by atoms with Gasteiger partial charge in [-0.3, -0.25) is 0 Å². The van der Waals surface area contributed by atoms with Gasteiger partial charge in [-0.05, 0) is 25.6 Å². The predicted molar refractivity (Wildman–Crippen MR) is 79.1 cm³/mol. The zero-order chi connectivity index (χ0) is 13.8. The van der Waals surface area contributed by atoms with Crippen LogP contribution < -0.4 is 5.32 Å². The Balaban J connectivity index is 2.39. The molecule has 7 heteroatoms. The van der Waals surface area contributed by atoms with Crippen LogP contribution in [0.1, 0.15) is 38.1 Å². The molecule has 102 valence electrons. The normalized spacial score (nSPS) is 11.0. The molecule has 0 saturated heterocycles. The molecule has 2 aromatic rings. The highest BCUT2D eigenvalue weighted by molar-refractivity contribution is 8.01. The van der Waals surface area contributed by atoms with E-state index in [4.69, 9.17) is 0 Å². The first-order valence-corrected chi connectivity index (χ1v) is 7.87. The molecule has 19 heavy (non-hydrogen) atoms. The number of hydrogen-bond acceptors (Lipinski definition) is 7. The fourth-order valence-electron chi connectivity index (χ4n) is 1.50. The van der Waals surface area contributed by atoms with Crippen molar-refractivity contribution in [3.63, 3.8) is 0 Å². The van der Waals surface area contributed by atoms with Gasteiger partial charge in [0, 0.05) is 18.0 Å². The molecule has 0 aromatic carbocycles. The molecule has 0 spiro atoms. The van der Waals surface area contributed by atoms with Crippen molar-refractivity contribution in [2.24, 2.45) is 0 Å². The van der Waals surface area contributed by atoms with E-state index in [0.717, 1.165) is 33.1 Å². The van der Waals surface area contributed by atoms with Crippen LogP contribution in [0.5, 0.6) is 0 Å². The maximum Gasteiger partial charge on any atom is 0.180 e. The Hall–Kier alpha value is -1.21. The Morgan fingerprint density at radius 2 is 2.16 bits per heavy atom. The highest BCUT2D eigenvalue weighted by Gasteiger charge is 2.14. The molecule has 0 aliphatic carbocycles. The fraction of sp³-hybridized carbons (Fsp3) is 0.500. The van der Waals surface area contributed by atoms with E-state index in [-0.39, 0.29) is 0 Å². The lowest BCUT2D eigenvalue weighted by Crippen LogP contribution is -2.08. The number of hydrogen-bond donors (Lipinski definition) is 1. The van der Waals surface area contributed by atoms with Crippen molar-refractivity contribution < 1.29 is 0 Å². The van der Waals surface area contributed by atoms with Gasteiger partial charge in [-0.1, -0.05) is 25.2 Å². The van der Waals surface area contributed by atoms with Gasteiger partial charge >= 0.3 is 0 Å². The van der Waals surface area contributed by atoms with E-state index in [9.17, 15) is 0 Å². The summed E-state index contributed by atoms with van der Waals surface area (Å²) < 4.78 is 0.902. The molecule has 0 saturated carbocycles. The summed E-state index contributed by atoms with van der Waals surface area (Å²) in [5, 5.41) is 12.2. The van der Waals surface area contributed by atoms with E-state index >= 15 is 0 Å². The van der Waals surface area contributed by atoms with Crippen LogP contribution in [0.3, 0.4) is 0 Å². The smallest absolute Gasteiger partial charge is 0.180 e. The van der Waals surface area contributed by atoms with Gasteiger partial charge in [-0.15, -0.1) is 10.2 Å². The Morgan fingerprint density at radius 1 is 1.37 bits per heavy atom. The van der Waals surface area contributed by atoms with Gasteiger partial charge in [0.1, 0.15) is 22.2 Å². The van der Waals surface area contributed by atoms with Crippen LogP contribution in [0.2, 0.25) is 0 Å². The van der Waals surface area contributed by atoms with Gasteiger partial charge in [0.15, 0.2) is 4.34 Å². The molecule has 2 aromatic heterocycles. The number of rotatable bonds is 5. The van der Waals surface area contributed by atoms with Crippen LogP contribution in [-0.2, 0) is 0 Å². The van der Waals surface area contributed by atoms with Gasteiger partial charge in [-0.25, -0.2) is 9.97 Å². The third-order valence-corrected chi connectivity index (χ3v) is 4.37. The lowest BCUT2D eigenvalue weighted by Gasteiger charge is -2.13. The third-order valence-electron chi connectivity index (χ3n) is 2.50. The monoisotopic (exact) mass is 295 g/mol. The van der Waals surface area contributed by atoms with Gasteiger partial charge < -0.3 is 5.32 Å². The quantitative estimate of drug-likeness (QED) is 0.854. The minimum absolute atomic E-state index is 0.298. The van der Waals surface area contributed by atoms with Crippen LogP contribution in [-0.4, -0.2) is 26.7 Å². The van der Waals surface area contributed by atoms with Gasteiger partial charge in [-0.2, -0.15) is 0 Å². The standard InChI is InChI=1S/C12H17N5S2/c1-5-13-10-8(4)11(16-9(15-10)7(2)3)19-12-17-14-6-18-12/h6-7H,5H2,1-4H3,(H,13,15,16). The van der Waals surface area contributed by atoms with E-state index in [2.05, 4.69) is 46.3 Å². The first-order chi connectivity index (χ1) is 9.11. The number of nitrogens with one attached hydrogen (secondary N) is 1. The summed E-state index contributed by atoms with van der Waals surface area (Å²) in [6, 6.07) is 0. The summed E-state index contributed by atoms with van der Waals surface area (Å²) in [6.45, 7) is 9.14. The molecule has 0 aliphatic rings. The van der Waals surface area contributed by atoms with Crippen molar-refractivity contribution in [2.45, 2.75) is 43.0 Å². The summed E-state index contributed by atoms with van der Waals surface area (Å²) in [4.78, 5) is 9.22. The van der Waals surface area contributed by atoms with Gasteiger partial charge in [0.05, 0.1) is 0 Å². The van der Waals surface area contributed by atoms with Crippen LogP contribution in [0.15, 0.2) is 14.9 Å². The van der Waals surface area contributed by atoms with Crippen LogP contribution in [0.25, 0.3) is 0 Å². The molecule has 5 nitrogen and oxygen atoms in total. The number of anilines is 1. The van der Waals surface area contributed by atoms with Crippen molar-refractivity contribution in [1.82, 2.24) is 20.2 Å². The SMILES string of the molecule is CCNc1nc(C(C)C)nc(Sc2nncs2)c1C. The maximum absolute atomic E-state index is 4.64. The molecular formula is C12H17N5S2. The molecular weight excluding hydrogens is 278 g/mol. The van der Waals surface area contributed by atoms with E-state index in [1.165, 1.54) is 11.3 Å². The van der Waals surface area contributed by atoms with Gasteiger partial charge in [0.2, 0.25) is 0 Å². The van der Waals surface area contributed by atoms with Crippen LogP contribution in [0, 0.1) is 6.92 Å². The second-order valence-electron chi connectivity index (χ2n) is 4.35. The summed E-state index contributed by atoms with van der Waals surface area (Å²) in [5.41, 5.74) is 2.79. The molecule has 0 atom stereocenters. The maximum atomic E-state index is 4.64. The number of aromatic nitrogens is 4. The molecule has 2 heterocycles. The highest BCUT2D eigenvalue weighted by atomic mass is 32.2. The molecule has 0 amide bonds. The fourth-order valence-corrected chi connectivity index (χ4v) is 2.98. The Labute approximate surface area is 121 Å². The first-order valence-electron chi connectivity index (χ1n) is 6.18. The lowest BCUT2D eigenvalue weighted by molar-refractivity contribution is 0.748. The topological polar surface area (TPSA) is 63.6 Å². The zero-order valence-corrected chi connectivity index (χ0v) is 13.1. The van der Waals surface area contributed by atoms with Crippen molar-refractivity contribution in [2.75, 3.05) is 11.9 Å². The first kappa shape index (κ1) is 14.2. The predicted octanol–water partition coefficient (Wildman–Crippen LogP) is 3.34. The van der Waals surface area contributed by atoms with E-state index < -0.39 is 0 Å². The summed E-state index contributed by atoms with van der Waals surface area (Å²) in [7, 11) is 0. The van der Waals surface area contributed by atoms with E-state index in [1.54, 1.807) is 17.3 Å². The average molecular weight is 295 g/mol. The Kier molecular flexibility index (Phi) is 4.71. The van der Waals surface area contributed by atoms with Crippen LogP contribution >= 0.6 is 23.1 Å². The van der Waals surface area contributed by atoms with E-state index in [1.807, 2.05) is 6.92 Å². The summed E-state index contributed by atoms with van der Waals surface area (Å²) in [5.74, 6) is 2.06. The average Bonchev–Trinajstić information content (AvgIpc) is 2.87. The third kappa shape index (κ3) is 3.42. The van der Waals surface area contributed by atoms with Crippen molar-refractivity contribution in [3.8, 4) is 0 Å². The molecule has 0 unspecified atom stereocenters. The second-order valence-corrected chi connectivity index (χ2v) is 6.42. The highest BCUT2D eigenvalue weighted by Crippen LogP contribution is 2.32. The Morgan fingerprint density at radius 3 is 2.74 bits per heavy atom. The largest absolute Gasteiger partial charge is 0.370 e. The molecule has 1 N–H and O–H groups in total. The Bertz CT molecular complexity index is 539. The van der Waals surface area contributed by atoms with Gasteiger partial charge in [0.25, 0.3) is 0 Å². The van der Waals surface area contributed by atoms with E-state index in [0.29, 0.717) is 5.92 Å². The minimum atomic E-state index is 0.298. The zero-order valence-electron chi connectivity index (χ0n) is 11.5. The van der Waals surface area contributed by atoms with Crippen molar-refractivity contribution in [1.29, 1.82) is 0 Å². The molecule has 0 bridgehead atoms. The van der Waals surface area contributed by atoms with Crippen LogP contribution in [0.4, 0.5) is 5.82 Å². The summed E-state index contributed by atoms with van der Waals surface area (Å²) >= 11 is 3.07. The minimum Gasteiger partial charge on any atom is -0.370 e. The molecule has 2 rings (SSSR count). The van der Waals surface area contributed by atoms with Crippen molar-refractivity contribution in [3.05, 3.63) is 16.9 Å². The summed E-state index contributed by atoms with van der Waals surface area (Å²) in [6.07, 6.45) is 0. The second kappa shape index (κ2) is 6.29. The molecule has 0 radical (unpaired) electrons. The van der Waals surface area contributed by atoms with Crippen molar-refractivity contribution >= 4 is 28.9 Å². The molecule has 0 aliphatic heterocycles. The number of nitrogens with zero attached hydrogens (tertiary/aromatic N) is 4. The lowest BCUT2D eigenvalue weighted by atomic mass is 10.2. The molecule has 0 fully saturated rings.